The van der Waals surface area contributed by atoms with Gasteiger partial charge in [-0.1, -0.05) is 6.92 Å². The van der Waals surface area contributed by atoms with E-state index in [2.05, 4.69) is 5.32 Å². The SMILES string of the molecule is CCCOc1ccc(NC(=O)c2cc3cc([N+](=O)[O-])ccc3oc2=O)cc1. The van der Waals surface area contributed by atoms with Crippen molar-refractivity contribution in [2.75, 3.05) is 11.9 Å². The zero-order chi connectivity index (χ0) is 19.4. The molecule has 0 aliphatic carbocycles. The molecule has 1 heterocycles. The van der Waals surface area contributed by atoms with Crippen molar-refractivity contribution in [3.63, 3.8) is 0 Å². The van der Waals surface area contributed by atoms with Crippen LogP contribution in [0, 0.1) is 10.1 Å². The molecule has 0 unspecified atom stereocenters. The third kappa shape index (κ3) is 4.12. The summed E-state index contributed by atoms with van der Waals surface area (Å²) in [6.07, 6.45) is 0.883. The quantitative estimate of drug-likeness (QED) is 0.403. The van der Waals surface area contributed by atoms with E-state index in [-0.39, 0.29) is 22.2 Å². The molecule has 27 heavy (non-hydrogen) atoms. The molecule has 0 fully saturated rings. The number of nitro benzene ring substituents is 1. The molecule has 1 N–H and O–H groups in total. The molecule has 0 bridgehead atoms. The van der Waals surface area contributed by atoms with Crippen LogP contribution >= 0.6 is 0 Å². The maximum atomic E-state index is 12.4. The van der Waals surface area contributed by atoms with E-state index < -0.39 is 16.5 Å². The zero-order valence-corrected chi connectivity index (χ0v) is 14.4. The van der Waals surface area contributed by atoms with Gasteiger partial charge in [-0.25, -0.2) is 4.79 Å². The minimum absolute atomic E-state index is 0.162. The molecule has 3 rings (SSSR count). The van der Waals surface area contributed by atoms with Crippen LogP contribution in [-0.4, -0.2) is 17.4 Å². The van der Waals surface area contributed by atoms with Crippen LogP contribution in [-0.2, 0) is 0 Å². The van der Waals surface area contributed by atoms with Crippen molar-refractivity contribution < 1.29 is 18.9 Å². The van der Waals surface area contributed by atoms with Gasteiger partial charge in [0, 0.05) is 23.2 Å². The number of nitro groups is 1. The number of nitrogens with one attached hydrogen (secondary N) is 1. The zero-order valence-electron chi connectivity index (χ0n) is 14.4. The van der Waals surface area contributed by atoms with Gasteiger partial charge in [0.25, 0.3) is 11.6 Å². The molecule has 8 nitrogen and oxygen atoms in total. The van der Waals surface area contributed by atoms with Crippen LogP contribution in [0.3, 0.4) is 0 Å². The fourth-order valence-corrected chi connectivity index (χ4v) is 2.44. The van der Waals surface area contributed by atoms with Crippen molar-refractivity contribution in [3.8, 4) is 5.75 Å². The number of non-ortho nitro benzene ring substituents is 1. The van der Waals surface area contributed by atoms with E-state index in [4.69, 9.17) is 9.15 Å². The van der Waals surface area contributed by atoms with Crippen molar-refractivity contribution in [3.05, 3.63) is 74.6 Å². The molecule has 3 aromatic rings. The van der Waals surface area contributed by atoms with Gasteiger partial charge in [0.05, 0.1) is 11.5 Å². The van der Waals surface area contributed by atoms with Gasteiger partial charge >= 0.3 is 5.63 Å². The topological polar surface area (TPSA) is 112 Å². The van der Waals surface area contributed by atoms with Crippen LogP contribution in [0.25, 0.3) is 11.0 Å². The van der Waals surface area contributed by atoms with Gasteiger partial charge in [-0.05, 0) is 42.8 Å². The number of carbonyl (C=O) groups is 1. The maximum absolute atomic E-state index is 12.4. The summed E-state index contributed by atoms with van der Waals surface area (Å²) >= 11 is 0. The number of rotatable bonds is 6. The minimum atomic E-state index is -0.822. The van der Waals surface area contributed by atoms with E-state index in [9.17, 15) is 19.7 Å². The molecule has 0 atom stereocenters. The summed E-state index contributed by atoms with van der Waals surface area (Å²) in [4.78, 5) is 34.8. The van der Waals surface area contributed by atoms with Gasteiger partial charge in [-0.2, -0.15) is 0 Å². The van der Waals surface area contributed by atoms with Gasteiger partial charge in [0.1, 0.15) is 16.9 Å². The molecule has 0 saturated carbocycles. The molecule has 2 aromatic carbocycles. The molecule has 0 aliphatic rings. The Kier molecular flexibility index (Phi) is 5.16. The summed E-state index contributed by atoms with van der Waals surface area (Å²) in [6, 6.07) is 11.8. The summed E-state index contributed by atoms with van der Waals surface area (Å²) in [5.41, 5.74) is -0.585. The van der Waals surface area contributed by atoms with Crippen LogP contribution in [0.5, 0.6) is 5.75 Å². The molecule has 0 radical (unpaired) electrons. The fraction of sp³-hybridized carbons (Fsp3) is 0.158. The lowest BCUT2D eigenvalue weighted by Gasteiger charge is -2.07. The number of amides is 1. The highest BCUT2D eigenvalue weighted by atomic mass is 16.6. The number of benzene rings is 2. The van der Waals surface area contributed by atoms with E-state index in [0.29, 0.717) is 18.0 Å². The molecular formula is C19H16N2O6. The standard InChI is InChI=1S/C19H16N2O6/c1-2-9-26-15-6-3-13(4-7-15)20-18(22)16-11-12-10-14(21(24)25)5-8-17(12)27-19(16)23/h3-8,10-11H,2,9H2,1H3,(H,20,22). The van der Waals surface area contributed by atoms with Crippen LogP contribution in [0.4, 0.5) is 11.4 Å². The second-order valence-electron chi connectivity index (χ2n) is 5.75. The average molecular weight is 368 g/mol. The summed E-state index contributed by atoms with van der Waals surface area (Å²) in [7, 11) is 0. The number of hydrogen-bond acceptors (Lipinski definition) is 6. The predicted octanol–water partition coefficient (Wildman–Crippen LogP) is 3.74. The second-order valence-corrected chi connectivity index (χ2v) is 5.75. The Morgan fingerprint density at radius 1 is 1.19 bits per heavy atom. The third-order valence-electron chi connectivity index (χ3n) is 3.76. The van der Waals surface area contributed by atoms with E-state index >= 15 is 0 Å². The lowest BCUT2D eigenvalue weighted by atomic mass is 10.1. The monoisotopic (exact) mass is 368 g/mol. The molecule has 0 spiro atoms. The Morgan fingerprint density at radius 2 is 1.93 bits per heavy atom. The first-order chi connectivity index (χ1) is 13.0. The number of carbonyl (C=O) groups excluding carboxylic acids is 1. The first-order valence-electron chi connectivity index (χ1n) is 8.24. The molecule has 8 heteroatoms. The Hall–Kier alpha value is -3.68. The summed E-state index contributed by atoms with van der Waals surface area (Å²) < 4.78 is 10.6. The van der Waals surface area contributed by atoms with E-state index in [1.54, 1.807) is 24.3 Å². The molecule has 138 valence electrons. The number of nitrogens with zero attached hydrogens (tertiary/aromatic N) is 1. The Bertz CT molecular complexity index is 1060. The molecule has 1 amide bonds. The Balaban J connectivity index is 1.85. The lowest BCUT2D eigenvalue weighted by Crippen LogP contribution is -2.20. The van der Waals surface area contributed by atoms with Crippen LogP contribution < -0.4 is 15.7 Å². The predicted molar refractivity (Wildman–Crippen MR) is 99.3 cm³/mol. The summed E-state index contributed by atoms with van der Waals surface area (Å²) in [6.45, 7) is 2.59. The smallest absolute Gasteiger partial charge is 0.349 e. The highest BCUT2D eigenvalue weighted by Crippen LogP contribution is 2.21. The number of ether oxygens (including phenoxy) is 1. The first kappa shape index (κ1) is 18.1. The van der Waals surface area contributed by atoms with Gasteiger partial charge in [-0.15, -0.1) is 0 Å². The normalized spacial score (nSPS) is 10.6. The lowest BCUT2D eigenvalue weighted by molar-refractivity contribution is -0.384. The van der Waals surface area contributed by atoms with Crippen molar-refractivity contribution in [2.24, 2.45) is 0 Å². The van der Waals surface area contributed by atoms with Crippen LogP contribution in [0.15, 0.2) is 57.7 Å². The average Bonchev–Trinajstić information content (AvgIpc) is 2.66. The molecule has 0 saturated heterocycles. The summed E-state index contributed by atoms with van der Waals surface area (Å²) in [5.74, 6) is 0.00626. The largest absolute Gasteiger partial charge is 0.494 e. The van der Waals surface area contributed by atoms with Gasteiger partial charge in [-0.3, -0.25) is 14.9 Å². The minimum Gasteiger partial charge on any atom is -0.494 e. The fourth-order valence-electron chi connectivity index (χ4n) is 2.44. The molecule has 1 aromatic heterocycles. The first-order valence-corrected chi connectivity index (χ1v) is 8.24. The van der Waals surface area contributed by atoms with Crippen molar-refractivity contribution >= 4 is 28.3 Å². The Labute approximate surface area is 153 Å². The maximum Gasteiger partial charge on any atom is 0.349 e. The van der Waals surface area contributed by atoms with Gasteiger partial charge < -0.3 is 14.5 Å². The number of fused-ring (bicyclic) bond motifs is 1. The number of hydrogen-bond donors (Lipinski definition) is 1. The van der Waals surface area contributed by atoms with E-state index in [0.717, 1.165) is 6.42 Å². The van der Waals surface area contributed by atoms with Crippen LogP contribution in [0.1, 0.15) is 23.7 Å². The highest BCUT2D eigenvalue weighted by Gasteiger charge is 2.16. The van der Waals surface area contributed by atoms with E-state index in [1.807, 2.05) is 6.92 Å². The highest BCUT2D eigenvalue weighted by molar-refractivity contribution is 6.05. The van der Waals surface area contributed by atoms with Crippen molar-refractivity contribution in [1.82, 2.24) is 0 Å². The second kappa shape index (κ2) is 7.69. The summed E-state index contributed by atoms with van der Waals surface area (Å²) in [5, 5.41) is 13.8. The van der Waals surface area contributed by atoms with Crippen molar-refractivity contribution in [1.29, 1.82) is 0 Å². The number of anilines is 1. The van der Waals surface area contributed by atoms with Gasteiger partial charge in [0.2, 0.25) is 0 Å². The van der Waals surface area contributed by atoms with Crippen LogP contribution in [0.2, 0.25) is 0 Å². The van der Waals surface area contributed by atoms with E-state index in [1.165, 1.54) is 24.3 Å². The third-order valence-corrected chi connectivity index (χ3v) is 3.76. The Morgan fingerprint density at radius 3 is 2.59 bits per heavy atom. The molecular weight excluding hydrogens is 352 g/mol. The van der Waals surface area contributed by atoms with Crippen molar-refractivity contribution in [2.45, 2.75) is 13.3 Å². The van der Waals surface area contributed by atoms with Gasteiger partial charge in [0.15, 0.2) is 0 Å². The molecule has 0 aliphatic heterocycles.